The van der Waals surface area contributed by atoms with Crippen LogP contribution in [0.5, 0.6) is 0 Å². The fourth-order valence-electron chi connectivity index (χ4n) is 3.09. The van der Waals surface area contributed by atoms with E-state index in [-0.39, 0.29) is 18.2 Å². The first-order chi connectivity index (χ1) is 11.1. The van der Waals surface area contributed by atoms with Gasteiger partial charge in [0.1, 0.15) is 0 Å². The van der Waals surface area contributed by atoms with Crippen LogP contribution in [0.25, 0.3) is 0 Å². The highest BCUT2D eigenvalue weighted by Gasteiger charge is 2.34. The number of hydrogen-bond acceptors (Lipinski definition) is 4. The molecule has 2 heterocycles. The number of amides is 2. The van der Waals surface area contributed by atoms with Crippen molar-refractivity contribution >= 4 is 11.8 Å². The van der Waals surface area contributed by atoms with Gasteiger partial charge < -0.3 is 5.32 Å². The number of hydroxylamine groups is 2. The van der Waals surface area contributed by atoms with Gasteiger partial charge in [0.15, 0.2) is 0 Å². The number of carbonyl (C=O) groups is 2. The number of hydrogen-bond donors (Lipinski definition) is 1. The Morgan fingerprint density at radius 1 is 1.35 bits per heavy atom. The van der Waals surface area contributed by atoms with Crippen molar-refractivity contribution in [2.24, 2.45) is 0 Å². The second-order valence-electron chi connectivity index (χ2n) is 6.09. The topological polar surface area (TPSA) is 61.9 Å². The highest BCUT2D eigenvalue weighted by atomic mass is 16.7. The normalized spacial score (nSPS) is 22.2. The first kappa shape index (κ1) is 16.0. The minimum Gasteiger partial charge on any atom is -0.353 e. The summed E-state index contributed by atoms with van der Waals surface area (Å²) in [5.74, 6) is -0.184. The predicted octanol–water partition coefficient (Wildman–Crippen LogP) is 0.849. The third-order valence-corrected chi connectivity index (χ3v) is 4.48. The van der Waals surface area contributed by atoms with Crippen molar-refractivity contribution in [3.63, 3.8) is 0 Å². The van der Waals surface area contributed by atoms with Crippen molar-refractivity contribution < 1.29 is 14.4 Å². The Labute approximate surface area is 136 Å². The maximum Gasteiger partial charge on any atom is 0.248 e. The van der Waals surface area contributed by atoms with Crippen LogP contribution in [0.3, 0.4) is 0 Å². The van der Waals surface area contributed by atoms with Gasteiger partial charge in [-0.3, -0.25) is 19.3 Å². The van der Waals surface area contributed by atoms with Crippen molar-refractivity contribution in [1.82, 2.24) is 15.3 Å². The second-order valence-corrected chi connectivity index (χ2v) is 6.09. The molecule has 1 N–H and O–H groups in total. The Hall–Kier alpha value is -1.92. The summed E-state index contributed by atoms with van der Waals surface area (Å²) in [7, 11) is 0. The third-order valence-electron chi connectivity index (χ3n) is 4.48. The summed E-state index contributed by atoms with van der Waals surface area (Å²) >= 11 is 0. The quantitative estimate of drug-likeness (QED) is 0.894. The summed E-state index contributed by atoms with van der Waals surface area (Å²) in [5, 5.41) is 4.26. The fraction of sp³-hybridized carbons (Fsp3) is 0.529. The molecule has 0 aliphatic carbocycles. The van der Waals surface area contributed by atoms with E-state index in [2.05, 4.69) is 29.3 Å². The van der Waals surface area contributed by atoms with Crippen molar-refractivity contribution in [3.05, 3.63) is 35.4 Å². The van der Waals surface area contributed by atoms with E-state index < -0.39 is 6.04 Å². The molecule has 1 aromatic carbocycles. The van der Waals surface area contributed by atoms with Gasteiger partial charge in [0, 0.05) is 19.6 Å². The number of piperazine rings is 1. The van der Waals surface area contributed by atoms with Gasteiger partial charge in [0.2, 0.25) is 11.8 Å². The van der Waals surface area contributed by atoms with Gasteiger partial charge in [0.05, 0.1) is 25.6 Å². The van der Waals surface area contributed by atoms with Crippen LogP contribution in [0.2, 0.25) is 0 Å². The van der Waals surface area contributed by atoms with Crippen LogP contribution < -0.4 is 5.32 Å². The Morgan fingerprint density at radius 3 is 2.91 bits per heavy atom. The molecule has 2 aliphatic rings. The molecule has 2 amide bonds. The van der Waals surface area contributed by atoms with Gasteiger partial charge in [-0.2, -0.15) is 0 Å². The zero-order valence-electron chi connectivity index (χ0n) is 13.5. The van der Waals surface area contributed by atoms with E-state index in [1.165, 1.54) is 16.2 Å². The average Bonchev–Trinajstić information content (AvgIpc) is 3.07. The average molecular weight is 317 g/mol. The summed E-state index contributed by atoms with van der Waals surface area (Å²) in [4.78, 5) is 32.0. The maximum absolute atomic E-state index is 12.3. The van der Waals surface area contributed by atoms with Gasteiger partial charge in [-0.25, -0.2) is 5.06 Å². The maximum atomic E-state index is 12.3. The molecule has 1 aromatic rings. The number of rotatable bonds is 4. The summed E-state index contributed by atoms with van der Waals surface area (Å²) < 4.78 is 0. The molecule has 2 fully saturated rings. The first-order valence-electron chi connectivity index (χ1n) is 8.14. The molecule has 124 valence electrons. The number of nitrogens with one attached hydrogen (secondary N) is 1. The van der Waals surface area contributed by atoms with E-state index in [9.17, 15) is 9.59 Å². The van der Waals surface area contributed by atoms with E-state index in [1.807, 2.05) is 12.1 Å². The van der Waals surface area contributed by atoms with Crippen molar-refractivity contribution in [1.29, 1.82) is 0 Å². The molecule has 0 radical (unpaired) electrons. The minimum absolute atomic E-state index is 0.0719. The smallest absolute Gasteiger partial charge is 0.248 e. The number of aryl methyl sites for hydroxylation is 1. The summed E-state index contributed by atoms with van der Waals surface area (Å²) in [6.45, 7) is 5.31. The molecule has 0 saturated carbocycles. The van der Waals surface area contributed by atoms with E-state index in [4.69, 9.17) is 4.84 Å². The predicted molar refractivity (Wildman–Crippen MR) is 85.3 cm³/mol. The molecule has 2 saturated heterocycles. The van der Waals surface area contributed by atoms with Crippen LogP contribution in [0.1, 0.15) is 24.0 Å². The molecular formula is C17H23N3O3. The molecule has 6 heteroatoms. The lowest BCUT2D eigenvalue weighted by molar-refractivity contribution is -0.171. The fourth-order valence-corrected chi connectivity index (χ4v) is 3.09. The molecule has 3 rings (SSSR count). The van der Waals surface area contributed by atoms with E-state index in [0.29, 0.717) is 26.2 Å². The summed E-state index contributed by atoms with van der Waals surface area (Å²) in [6.07, 6.45) is 1.02. The molecule has 0 unspecified atom stereocenters. The summed E-state index contributed by atoms with van der Waals surface area (Å²) in [5.41, 5.74) is 2.39. The minimum atomic E-state index is -0.431. The number of carbonyl (C=O) groups excluding carboxylic acids is 2. The molecule has 0 aromatic heterocycles. The second kappa shape index (κ2) is 7.10. The van der Waals surface area contributed by atoms with Crippen LogP contribution in [-0.2, 0) is 21.0 Å². The highest BCUT2D eigenvalue weighted by molar-refractivity contribution is 5.88. The van der Waals surface area contributed by atoms with E-state index in [0.717, 1.165) is 13.0 Å². The standard InChI is InChI=1S/C17H23N3O3/c1-13-5-2-3-6-14(13)12-19-9-7-18-17(22)15(19)11-16(21)20-8-4-10-23-20/h2-3,5-6,15H,4,7-12H2,1H3,(H,18,22)/t15-/m0/s1. The number of nitrogens with zero attached hydrogens (tertiary/aromatic N) is 2. The van der Waals surface area contributed by atoms with Gasteiger partial charge in [-0.1, -0.05) is 24.3 Å². The van der Waals surface area contributed by atoms with Crippen LogP contribution in [-0.4, -0.2) is 54.1 Å². The van der Waals surface area contributed by atoms with E-state index >= 15 is 0 Å². The lowest BCUT2D eigenvalue weighted by Gasteiger charge is -2.35. The van der Waals surface area contributed by atoms with E-state index in [1.54, 1.807) is 0 Å². The Kier molecular flexibility index (Phi) is 4.93. The Morgan fingerprint density at radius 2 is 2.17 bits per heavy atom. The molecule has 0 spiro atoms. The zero-order valence-corrected chi connectivity index (χ0v) is 13.5. The van der Waals surface area contributed by atoms with Gasteiger partial charge >= 0.3 is 0 Å². The lowest BCUT2D eigenvalue weighted by Crippen LogP contribution is -2.56. The molecule has 1 atom stereocenters. The first-order valence-corrected chi connectivity index (χ1v) is 8.14. The SMILES string of the molecule is Cc1ccccc1CN1CCNC(=O)[C@@H]1CC(=O)N1CCCO1. The highest BCUT2D eigenvalue weighted by Crippen LogP contribution is 2.18. The molecule has 6 nitrogen and oxygen atoms in total. The van der Waals surface area contributed by atoms with Crippen molar-refractivity contribution in [2.45, 2.75) is 32.4 Å². The van der Waals surface area contributed by atoms with Gasteiger partial charge in [-0.05, 0) is 24.5 Å². The Bertz CT molecular complexity index is 584. The van der Waals surface area contributed by atoms with Crippen LogP contribution in [0, 0.1) is 6.92 Å². The Balaban J connectivity index is 1.70. The largest absolute Gasteiger partial charge is 0.353 e. The number of benzene rings is 1. The molecule has 0 bridgehead atoms. The summed E-state index contributed by atoms with van der Waals surface area (Å²) in [6, 6.07) is 7.72. The van der Waals surface area contributed by atoms with Crippen LogP contribution >= 0.6 is 0 Å². The lowest BCUT2D eigenvalue weighted by atomic mass is 10.0. The third kappa shape index (κ3) is 3.71. The monoisotopic (exact) mass is 317 g/mol. The molecule has 2 aliphatic heterocycles. The molecule has 23 heavy (non-hydrogen) atoms. The van der Waals surface area contributed by atoms with Crippen LogP contribution in [0.4, 0.5) is 0 Å². The molecular weight excluding hydrogens is 294 g/mol. The van der Waals surface area contributed by atoms with Crippen molar-refractivity contribution in [3.8, 4) is 0 Å². The van der Waals surface area contributed by atoms with Gasteiger partial charge in [-0.15, -0.1) is 0 Å². The van der Waals surface area contributed by atoms with Crippen LogP contribution in [0.15, 0.2) is 24.3 Å². The zero-order chi connectivity index (χ0) is 16.2. The van der Waals surface area contributed by atoms with Gasteiger partial charge in [0.25, 0.3) is 0 Å². The van der Waals surface area contributed by atoms with Crippen molar-refractivity contribution in [2.75, 3.05) is 26.2 Å².